The van der Waals surface area contributed by atoms with Crippen molar-refractivity contribution in [3.05, 3.63) is 77.6 Å². The van der Waals surface area contributed by atoms with Crippen molar-refractivity contribution in [2.45, 2.75) is 0 Å². The first-order valence-corrected chi connectivity index (χ1v) is 7.98. The highest BCUT2D eigenvalue weighted by atomic mass is 16.5. The number of hydrogen-bond donors (Lipinski definition) is 2. The Bertz CT molecular complexity index is 990. The smallest absolute Gasteiger partial charge is 0.335 e. The van der Waals surface area contributed by atoms with E-state index in [0.717, 1.165) is 5.56 Å². The summed E-state index contributed by atoms with van der Waals surface area (Å²) >= 11 is 0. The van der Waals surface area contributed by atoms with Crippen molar-refractivity contribution < 1.29 is 23.8 Å². The molecule has 0 aliphatic rings. The number of carbonyl (C=O) groups excluding carboxylic acids is 1. The van der Waals surface area contributed by atoms with Gasteiger partial charge < -0.3 is 14.3 Å². The van der Waals surface area contributed by atoms with Crippen molar-refractivity contribution >= 4 is 18.1 Å². The van der Waals surface area contributed by atoms with E-state index < -0.39 is 5.97 Å². The van der Waals surface area contributed by atoms with Gasteiger partial charge in [0.15, 0.2) is 0 Å². The summed E-state index contributed by atoms with van der Waals surface area (Å²) in [5.74, 6) is 0.226. The molecule has 0 aliphatic heterocycles. The first kappa shape index (κ1) is 17.9. The van der Waals surface area contributed by atoms with Crippen LogP contribution in [0, 0.1) is 0 Å². The van der Waals surface area contributed by atoms with Gasteiger partial charge in [0.25, 0.3) is 5.91 Å². The molecule has 0 unspecified atom stereocenters. The van der Waals surface area contributed by atoms with Gasteiger partial charge in [0.05, 0.1) is 18.9 Å². The summed E-state index contributed by atoms with van der Waals surface area (Å²) < 4.78 is 10.7. The average Bonchev–Trinajstić information content (AvgIpc) is 3.17. The second kappa shape index (κ2) is 8.01. The molecule has 3 aromatic rings. The van der Waals surface area contributed by atoms with Gasteiger partial charge >= 0.3 is 5.97 Å². The number of carboxylic acids is 1. The van der Waals surface area contributed by atoms with E-state index in [1.807, 2.05) is 0 Å². The molecule has 0 aliphatic carbocycles. The van der Waals surface area contributed by atoms with Crippen molar-refractivity contribution in [3.63, 3.8) is 0 Å². The Morgan fingerprint density at radius 3 is 2.56 bits per heavy atom. The number of ether oxygens (including phenoxy) is 1. The van der Waals surface area contributed by atoms with Crippen molar-refractivity contribution in [2.75, 3.05) is 7.11 Å². The number of benzene rings is 2. The van der Waals surface area contributed by atoms with E-state index in [0.29, 0.717) is 22.8 Å². The zero-order valence-corrected chi connectivity index (χ0v) is 14.4. The third-order valence-corrected chi connectivity index (χ3v) is 3.73. The molecule has 136 valence electrons. The van der Waals surface area contributed by atoms with Gasteiger partial charge in [-0.2, -0.15) is 5.10 Å². The molecule has 1 aromatic heterocycles. The minimum absolute atomic E-state index is 0.201. The van der Waals surface area contributed by atoms with Crippen LogP contribution in [0.2, 0.25) is 0 Å². The third kappa shape index (κ3) is 4.40. The zero-order chi connectivity index (χ0) is 19.2. The Kier molecular flexibility index (Phi) is 5.32. The molecule has 7 nitrogen and oxygen atoms in total. The average molecular weight is 364 g/mol. The normalized spacial score (nSPS) is 10.7. The zero-order valence-electron chi connectivity index (χ0n) is 14.4. The molecule has 2 aromatic carbocycles. The fraction of sp³-hybridized carbons (Fsp3) is 0.0500. The lowest BCUT2D eigenvalue weighted by molar-refractivity contribution is 0.0696. The predicted octanol–water partition coefficient (Wildman–Crippen LogP) is 3.42. The van der Waals surface area contributed by atoms with Crippen LogP contribution in [0.3, 0.4) is 0 Å². The molecule has 0 radical (unpaired) electrons. The van der Waals surface area contributed by atoms with E-state index in [2.05, 4.69) is 10.5 Å². The molecule has 0 spiro atoms. The van der Waals surface area contributed by atoms with Crippen molar-refractivity contribution in [3.8, 4) is 17.1 Å². The summed E-state index contributed by atoms with van der Waals surface area (Å²) in [5, 5.41) is 12.8. The lowest BCUT2D eigenvalue weighted by Crippen LogP contribution is -2.17. The van der Waals surface area contributed by atoms with Crippen LogP contribution in [-0.4, -0.2) is 30.3 Å². The summed E-state index contributed by atoms with van der Waals surface area (Å²) in [6.45, 7) is 0. The van der Waals surface area contributed by atoms with E-state index >= 15 is 0 Å². The highest BCUT2D eigenvalue weighted by molar-refractivity contribution is 5.95. The number of carbonyl (C=O) groups is 2. The van der Waals surface area contributed by atoms with Crippen LogP contribution >= 0.6 is 0 Å². The molecule has 0 saturated carbocycles. The molecule has 1 heterocycles. The summed E-state index contributed by atoms with van der Waals surface area (Å²) in [6.07, 6.45) is 1.38. The maximum atomic E-state index is 12.1. The van der Waals surface area contributed by atoms with Gasteiger partial charge in [0.1, 0.15) is 17.3 Å². The summed E-state index contributed by atoms with van der Waals surface area (Å²) in [4.78, 5) is 22.9. The molecular weight excluding hydrogens is 348 g/mol. The third-order valence-electron chi connectivity index (χ3n) is 3.73. The van der Waals surface area contributed by atoms with Crippen LogP contribution < -0.4 is 10.2 Å². The van der Waals surface area contributed by atoms with Gasteiger partial charge in [0, 0.05) is 11.1 Å². The van der Waals surface area contributed by atoms with Crippen LogP contribution in [0.1, 0.15) is 26.5 Å². The number of hydrazone groups is 1. The number of nitrogens with zero attached hydrogens (tertiary/aromatic N) is 1. The summed E-state index contributed by atoms with van der Waals surface area (Å²) in [7, 11) is 1.53. The van der Waals surface area contributed by atoms with Crippen LogP contribution in [0.5, 0.6) is 5.75 Å². The molecule has 0 fully saturated rings. The Labute approximate surface area is 154 Å². The second-order valence-corrected chi connectivity index (χ2v) is 5.52. The van der Waals surface area contributed by atoms with Crippen LogP contribution in [0.25, 0.3) is 11.3 Å². The van der Waals surface area contributed by atoms with Gasteiger partial charge in [-0.05, 0) is 42.5 Å². The largest absolute Gasteiger partial charge is 0.497 e. The number of methoxy groups -OCH3 is 1. The highest BCUT2D eigenvalue weighted by Gasteiger charge is 2.07. The van der Waals surface area contributed by atoms with E-state index in [9.17, 15) is 9.59 Å². The first-order valence-electron chi connectivity index (χ1n) is 7.98. The molecule has 0 bridgehead atoms. The maximum Gasteiger partial charge on any atom is 0.335 e. The molecule has 2 N–H and O–H groups in total. The van der Waals surface area contributed by atoms with Crippen molar-refractivity contribution in [2.24, 2.45) is 5.10 Å². The highest BCUT2D eigenvalue weighted by Crippen LogP contribution is 2.22. The molecule has 7 heteroatoms. The van der Waals surface area contributed by atoms with E-state index in [4.69, 9.17) is 14.3 Å². The molecule has 0 atom stereocenters. The number of carboxylic acid groups (broad SMARTS) is 1. The number of hydrogen-bond acceptors (Lipinski definition) is 5. The maximum absolute atomic E-state index is 12.1. The standard InChI is InChI=1S/C20H16N2O5/c1-26-16-4-2-3-15(11-16)19(23)22-21-12-17-9-10-18(27-17)13-5-7-14(8-6-13)20(24)25/h2-12H,1H3,(H,22,23)(H,24,25)/b21-12-. The summed E-state index contributed by atoms with van der Waals surface area (Å²) in [5.41, 5.74) is 3.78. The molecule has 1 amide bonds. The molecule has 27 heavy (non-hydrogen) atoms. The molecular formula is C20H16N2O5. The SMILES string of the molecule is COc1cccc(C(=O)N/N=C\c2ccc(-c3ccc(C(=O)O)cc3)o2)c1. The number of amides is 1. The topological polar surface area (TPSA) is 101 Å². The molecule has 3 rings (SSSR count). The molecule has 0 saturated heterocycles. The number of rotatable bonds is 6. The van der Waals surface area contributed by atoms with Crippen molar-refractivity contribution in [1.82, 2.24) is 5.43 Å². The first-order chi connectivity index (χ1) is 13.1. The van der Waals surface area contributed by atoms with Crippen LogP contribution in [0.15, 0.2) is 70.2 Å². The minimum atomic E-state index is -0.986. The Hall–Kier alpha value is -3.87. The van der Waals surface area contributed by atoms with Crippen LogP contribution in [0.4, 0.5) is 0 Å². The minimum Gasteiger partial charge on any atom is -0.497 e. The van der Waals surface area contributed by atoms with Gasteiger partial charge in [-0.25, -0.2) is 10.2 Å². The van der Waals surface area contributed by atoms with E-state index in [1.54, 1.807) is 48.5 Å². The Balaban J connectivity index is 1.64. The fourth-order valence-corrected chi connectivity index (χ4v) is 2.34. The van der Waals surface area contributed by atoms with Gasteiger partial charge in [-0.15, -0.1) is 0 Å². The Morgan fingerprint density at radius 1 is 1.07 bits per heavy atom. The van der Waals surface area contributed by atoms with E-state index in [1.165, 1.54) is 25.5 Å². The van der Waals surface area contributed by atoms with Gasteiger partial charge in [-0.3, -0.25) is 4.79 Å². The lowest BCUT2D eigenvalue weighted by atomic mass is 10.1. The van der Waals surface area contributed by atoms with Crippen LogP contribution in [-0.2, 0) is 0 Å². The number of furan rings is 1. The predicted molar refractivity (Wildman–Crippen MR) is 99.2 cm³/mol. The number of nitrogens with one attached hydrogen (secondary N) is 1. The number of aromatic carboxylic acids is 1. The van der Waals surface area contributed by atoms with Crippen molar-refractivity contribution in [1.29, 1.82) is 0 Å². The Morgan fingerprint density at radius 2 is 1.85 bits per heavy atom. The quantitative estimate of drug-likeness (QED) is 0.515. The monoisotopic (exact) mass is 364 g/mol. The van der Waals surface area contributed by atoms with Gasteiger partial charge in [0.2, 0.25) is 0 Å². The van der Waals surface area contributed by atoms with E-state index in [-0.39, 0.29) is 11.5 Å². The summed E-state index contributed by atoms with van der Waals surface area (Å²) in [6, 6.07) is 16.5. The van der Waals surface area contributed by atoms with Gasteiger partial charge in [-0.1, -0.05) is 18.2 Å². The fourth-order valence-electron chi connectivity index (χ4n) is 2.34. The lowest BCUT2D eigenvalue weighted by Gasteiger charge is -2.02. The second-order valence-electron chi connectivity index (χ2n) is 5.52.